The third-order valence-corrected chi connectivity index (χ3v) is 6.02. The molecule has 4 rings (SSSR count). The molecule has 1 aromatic heterocycles. The molecule has 0 aliphatic rings. The Bertz CT molecular complexity index is 1540. The number of rotatable bonds is 5. The molecule has 0 saturated carbocycles. The number of aromatic hydroxyl groups is 4. The Morgan fingerprint density at radius 1 is 0.879 bits per heavy atom. The minimum atomic E-state index is -3.37. The normalized spacial score (nSPS) is 11.5. The molecule has 0 fully saturated rings. The van der Waals surface area contributed by atoms with Gasteiger partial charge in [0, 0.05) is 24.0 Å². The van der Waals surface area contributed by atoms with Crippen LogP contribution in [0.2, 0.25) is 0 Å². The zero-order valence-electron chi connectivity index (χ0n) is 17.1. The number of hydrogen-bond acceptors (Lipinski definition) is 9. The Hall–Kier alpha value is -4.18. The van der Waals surface area contributed by atoms with Crippen LogP contribution in [0, 0.1) is 0 Å². The van der Waals surface area contributed by atoms with Gasteiger partial charge in [-0.15, -0.1) is 0 Å². The van der Waals surface area contributed by atoms with E-state index in [1.165, 1.54) is 36.4 Å². The molecule has 3 aromatic carbocycles. The van der Waals surface area contributed by atoms with E-state index in [4.69, 9.17) is 9.15 Å². The predicted molar refractivity (Wildman–Crippen MR) is 118 cm³/mol. The lowest BCUT2D eigenvalue weighted by molar-refractivity contribution is 0.297. The van der Waals surface area contributed by atoms with E-state index in [9.17, 15) is 33.6 Å². The van der Waals surface area contributed by atoms with Crippen LogP contribution in [0.4, 0.5) is 0 Å². The van der Waals surface area contributed by atoms with Gasteiger partial charge in [0.25, 0.3) is 0 Å². The summed E-state index contributed by atoms with van der Waals surface area (Å²) in [6.07, 6.45) is 1.09. The van der Waals surface area contributed by atoms with E-state index < -0.39 is 26.8 Å². The fourth-order valence-electron chi connectivity index (χ4n) is 3.24. The maximum atomic E-state index is 13.2. The summed E-state index contributed by atoms with van der Waals surface area (Å²) < 4.78 is 34.7. The first-order chi connectivity index (χ1) is 15.5. The molecule has 1 heterocycles. The SMILES string of the molecule is CS(=O)(=O)c1ccc(COc2c(-c3ccc(O)c(O)c3)oc3cc(O)cc(O)c3c2=O)cc1. The molecular weight excluding hydrogens is 452 g/mol. The molecule has 10 heteroatoms. The van der Waals surface area contributed by atoms with Crippen molar-refractivity contribution in [2.75, 3.05) is 6.26 Å². The first kappa shape index (κ1) is 22.0. The van der Waals surface area contributed by atoms with Crippen LogP contribution in [0.5, 0.6) is 28.7 Å². The third-order valence-electron chi connectivity index (χ3n) is 4.89. The zero-order valence-corrected chi connectivity index (χ0v) is 18.0. The zero-order chi connectivity index (χ0) is 23.9. The molecule has 170 valence electrons. The maximum Gasteiger partial charge on any atom is 0.239 e. The molecular formula is C23H18O9S. The second-order valence-corrected chi connectivity index (χ2v) is 9.35. The van der Waals surface area contributed by atoms with Gasteiger partial charge >= 0.3 is 0 Å². The average Bonchev–Trinajstić information content (AvgIpc) is 2.74. The standard InChI is InChI=1S/C23H18O9S/c1-33(29,30)15-5-2-12(3-6-15)11-31-23-21(28)20-18(27)9-14(24)10-19(20)32-22(23)13-4-7-16(25)17(26)8-13/h2-10,24-27H,11H2,1H3. The van der Waals surface area contributed by atoms with Crippen molar-refractivity contribution in [2.24, 2.45) is 0 Å². The van der Waals surface area contributed by atoms with E-state index in [-0.39, 0.29) is 51.0 Å². The van der Waals surface area contributed by atoms with E-state index >= 15 is 0 Å². The second-order valence-electron chi connectivity index (χ2n) is 7.34. The first-order valence-corrected chi connectivity index (χ1v) is 11.4. The van der Waals surface area contributed by atoms with Gasteiger partial charge in [-0.3, -0.25) is 4.79 Å². The van der Waals surface area contributed by atoms with Crippen molar-refractivity contribution in [2.45, 2.75) is 11.5 Å². The molecule has 0 radical (unpaired) electrons. The first-order valence-electron chi connectivity index (χ1n) is 9.51. The van der Waals surface area contributed by atoms with Gasteiger partial charge in [0.1, 0.15) is 29.1 Å². The third kappa shape index (κ3) is 4.28. The fraction of sp³-hybridized carbons (Fsp3) is 0.0870. The minimum Gasteiger partial charge on any atom is -0.508 e. The van der Waals surface area contributed by atoms with Crippen LogP contribution >= 0.6 is 0 Å². The fourth-order valence-corrected chi connectivity index (χ4v) is 3.87. The van der Waals surface area contributed by atoms with Crippen molar-refractivity contribution < 1.29 is 38.0 Å². The average molecular weight is 470 g/mol. The quantitative estimate of drug-likeness (QED) is 0.322. The highest BCUT2D eigenvalue weighted by molar-refractivity contribution is 7.90. The van der Waals surface area contributed by atoms with Crippen LogP contribution in [0.25, 0.3) is 22.3 Å². The van der Waals surface area contributed by atoms with Gasteiger partial charge in [0.05, 0.1) is 4.90 Å². The Kier molecular flexibility index (Phi) is 5.38. The molecule has 4 aromatic rings. The molecule has 0 unspecified atom stereocenters. The van der Waals surface area contributed by atoms with Gasteiger partial charge in [-0.1, -0.05) is 12.1 Å². The lowest BCUT2D eigenvalue weighted by Crippen LogP contribution is -2.10. The van der Waals surface area contributed by atoms with Crippen LogP contribution in [-0.2, 0) is 16.4 Å². The molecule has 9 nitrogen and oxygen atoms in total. The number of fused-ring (bicyclic) bond motifs is 1. The highest BCUT2D eigenvalue weighted by Gasteiger charge is 2.21. The summed E-state index contributed by atoms with van der Waals surface area (Å²) in [5.74, 6) is -2.09. The Balaban J connectivity index is 1.83. The van der Waals surface area contributed by atoms with E-state index in [1.54, 1.807) is 0 Å². The molecule has 0 spiro atoms. The van der Waals surface area contributed by atoms with Gasteiger partial charge in [-0.25, -0.2) is 8.42 Å². The summed E-state index contributed by atoms with van der Waals surface area (Å²) in [5.41, 5.74) is -0.111. The molecule has 0 amide bonds. The van der Waals surface area contributed by atoms with Crippen LogP contribution in [-0.4, -0.2) is 35.1 Å². The highest BCUT2D eigenvalue weighted by atomic mass is 32.2. The summed E-state index contributed by atoms with van der Waals surface area (Å²) in [4.78, 5) is 13.3. The van der Waals surface area contributed by atoms with Gasteiger partial charge in [-0.2, -0.15) is 0 Å². The van der Waals surface area contributed by atoms with Crippen molar-refractivity contribution in [1.29, 1.82) is 0 Å². The van der Waals surface area contributed by atoms with Crippen LogP contribution < -0.4 is 10.2 Å². The predicted octanol–water partition coefficient (Wildman–Crippen LogP) is 3.26. The van der Waals surface area contributed by atoms with Crippen molar-refractivity contribution in [3.63, 3.8) is 0 Å². The molecule has 0 aliphatic heterocycles. The maximum absolute atomic E-state index is 13.2. The van der Waals surface area contributed by atoms with Gasteiger partial charge in [0.2, 0.25) is 11.2 Å². The highest BCUT2D eigenvalue weighted by Crippen LogP contribution is 2.38. The molecule has 33 heavy (non-hydrogen) atoms. The van der Waals surface area contributed by atoms with Crippen molar-refractivity contribution in [3.8, 4) is 40.1 Å². The van der Waals surface area contributed by atoms with Gasteiger partial charge < -0.3 is 29.6 Å². The number of ether oxygens (including phenoxy) is 1. The number of sulfone groups is 1. The summed E-state index contributed by atoms with van der Waals surface area (Å²) >= 11 is 0. The molecule has 4 N–H and O–H groups in total. The van der Waals surface area contributed by atoms with Crippen LogP contribution in [0.1, 0.15) is 5.56 Å². The Labute approximate surface area is 187 Å². The largest absolute Gasteiger partial charge is 0.508 e. The summed E-state index contributed by atoms with van der Waals surface area (Å²) in [7, 11) is -3.37. The van der Waals surface area contributed by atoms with Crippen LogP contribution in [0.3, 0.4) is 0 Å². The molecule has 0 bridgehead atoms. The van der Waals surface area contributed by atoms with Crippen molar-refractivity contribution in [3.05, 3.63) is 70.4 Å². The Morgan fingerprint density at radius 3 is 2.21 bits per heavy atom. The number of phenols is 4. The lowest BCUT2D eigenvalue weighted by atomic mass is 10.1. The van der Waals surface area contributed by atoms with E-state index in [1.807, 2.05) is 0 Å². The summed E-state index contributed by atoms with van der Waals surface area (Å²) in [6.45, 7) is -0.143. The van der Waals surface area contributed by atoms with Gasteiger partial charge in [0.15, 0.2) is 27.1 Å². The van der Waals surface area contributed by atoms with E-state index in [0.717, 1.165) is 24.5 Å². The Morgan fingerprint density at radius 2 is 1.58 bits per heavy atom. The van der Waals surface area contributed by atoms with Crippen molar-refractivity contribution in [1.82, 2.24) is 0 Å². The van der Waals surface area contributed by atoms with Crippen LogP contribution in [0.15, 0.2) is 68.7 Å². The monoisotopic (exact) mass is 470 g/mol. The van der Waals surface area contributed by atoms with Crippen molar-refractivity contribution >= 4 is 20.8 Å². The second kappa shape index (κ2) is 8.06. The number of benzene rings is 3. The van der Waals surface area contributed by atoms with E-state index in [0.29, 0.717) is 5.56 Å². The van der Waals surface area contributed by atoms with E-state index in [2.05, 4.69) is 0 Å². The summed E-state index contributed by atoms with van der Waals surface area (Å²) in [5, 5.41) is 39.2. The number of phenolic OH excluding ortho intramolecular Hbond substituents is 4. The van der Waals surface area contributed by atoms with Gasteiger partial charge in [-0.05, 0) is 35.9 Å². The topological polar surface area (TPSA) is 154 Å². The molecule has 0 atom stereocenters. The molecule has 0 saturated heterocycles. The smallest absolute Gasteiger partial charge is 0.239 e. The molecule has 0 aliphatic carbocycles. The number of hydrogen-bond donors (Lipinski definition) is 4. The minimum absolute atomic E-state index is 0.111. The lowest BCUT2D eigenvalue weighted by Gasteiger charge is -2.13. The summed E-state index contributed by atoms with van der Waals surface area (Å²) in [6, 6.07) is 11.7.